The van der Waals surface area contributed by atoms with E-state index in [2.05, 4.69) is 5.32 Å². The first-order valence-corrected chi connectivity index (χ1v) is 7.65. The molecule has 126 valence electrons. The molecule has 0 radical (unpaired) electrons. The summed E-state index contributed by atoms with van der Waals surface area (Å²) in [6, 6.07) is 14.7. The lowest BCUT2D eigenvalue weighted by Gasteiger charge is -2.09. The molecule has 0 atom stereocenters. The lowest BCUT2D eigenvalue weighted by atomic mass is 10.2. The van der Waals surface area contributed by atoms with Crippen LogP contribution in [0.2, 0.25) is 0 Å². The fourth-order valence-corrected chi connectivity index (χ4v) is 2.00. The van der Waals surface area contributed by atoms with Gasteiger partial charge < -0.3 is 19.5 Å². The molecule has 0 aliphatic heterocycles. The van der Waals surface area contributed by atoms with Crippen LogP contribution in [0.15, 0.2) is 54.6 Å². The number of hydrogen-bond donors (Lipinski definition) is 1. The highest BCUT2D eigenvalue weighted by Crippen LogP contribution is 2.23. The first-order chi connectivity index (χ1) is 11.7. The van der Waals surface area contributed by atoms with Crippen LogP contribution in [0, 0.1) is 0 Å². The Labute approximate surface area is 141 Å². The Balaban J connectivity index is 1.95. The van der Waals surface area contributed by atoms with Crippen molar-refractivity contribution in [2.75, 3.05) is 25.8 Å². The molecule has 5 heteroatoms. The van der Waals surface area contributed by atoms with Gasteiger partial charge in [-0.25, -0.2) is 0 Å². The molecule has 2 aromatic rings. The van der Waals surface area contributed by atoms with Crippen molar-refractivity contribution < 1.29 is 19.0 Å². The largest absolute Gasteiger partial charge is 0.492 e. The van der Waals surface area contributed by atoms with Gasteiger partial charge in [0.1, 0.15) is 11.5 Å². The SMILES string of the molecule is CCOc1ccccc1NC(=O)/C=C/c1ccc(OCOC)cc1. The molecule has 0 fully saturated rings. The molecule has 1 N–H and O–H groups in total. The standard InChI is InChI=1S/C19H21NO4/c1-3-23-18-7-5-4-6-17(18)20-19(21)13-10-15-8-11-16(12-9-15)24-14-22-2/h4-13H,3,14H2,1-2H3,(H,20,21)/b13-10+. The van der Waals surface area contributed by atoms with E-state index in [-0.39, 0.29) is 12.7 Å². The van der Waals surface area contributed by atoms with Crippen molar-refractivity contribution in [3.8, 4) is 11.5 Å². The third kappa shape index (κ3) is 5.44. The normalized spacial score (nSPS) is 10.6. The summed E-state index contributed by atoms with van der Waals surface area (Å²) in [7, 11) is 1.57. The number of amides is 1. The summed E-state index contributed by atoms with van der Waals surface area (Å²) in [5.41, 5.74) is 1.55. The van der Waals surface area contributed by atoms with Crippen molar-refractivity contribution in [2.45, 2.75) is 6.92 Å². The van der Waals surface area contributed by atoms with E-state index >= 15 is 0 Å². The van der Waals surface area contributed by atoms with Crippen LogP contribution in [0.25, 0.3) is 6.08 Å². The molecule has 0 aromatic heterocycles. The smallest absolute Gasteiger partial charge is 0.248 e. The van der Waals surface area contributed by atoms with Gasteiger partial charge in [0.05, 0.1) is 12.3 Å². The summed E-state index contributed by atoms with van der Waals surface area (Å²) in [6.45, 7) is 2.65. The van der Waals surface area contributed by atoms with Crippen LogP contribution < -0.4 is 14.8 Å². The molecule has 24 heavy (non-hydrogen) atoms. The second kappa shape index (κ2) is 9.37. The van der Waals surface area contributed by atoms with Crippen molar-refractivity contribution in [2.24, 2.45) is 0 Å². The number of methoxy groups -OCH3 is 1. The van der Waals surface area contributed by atoms with E-state index in [0.29, 0.717) is 23.8 Å². The number of benzene rings is 2. The van der Waals surface area contributed by atoms with E-state index in [1.807, 2.05) is 49.4 Å². The minimum atomic E-state index is -0.220. The predicted octanol–water partition coefficient (Wildman–Crippen LogP) is 3.72. The number of anilines is 1. The molecule has 0 unspecified atom stereocenters. The molecule has 0 saturated carbocycles. The minimum absolute atomic E-state index is 0.205. The predicted molar refractivity (Wildman–Crippen MR) is 94.2 cm³/mol. The van der Waals surface area contributed by atoms with E-state index in [4.69, 9.17) is 14.2 Å². The molecule has 0 aliphatic carbocycles. The van der Waals surface area contributed by atoms with Crippen LogP contribution in [-0.4, -0.2) is 26.4 Å². The summed E-state index contributed by atoms with van der Waals surface area (Å²) in [5, 5.41) is 2.81. The van der Waals surface area contributed by atoms with Gasteiger partial charge in [0.15, 0.2) is 6.79 Å². The molecule has 5 nitrogen and oxygen atoms in total. The Hall–Kier alpha value is -2.79. The zero-order valence-electron chi connectivity index (χ0n) is 13.8. The highest BCUT2D eigenvalue weighted by Gasteiger charge is 2.04. The average molecular weight is 327 g/mol. The average Bonchev–Trinajstić information content (AvgIpc) is 2.61. The van der Waals surface area contributed by atoms with Gasteiger partial charge in [-0.15, -0.1) is 0 Å². The quantitative estimate of drug-likeness (QED) is 0.593. The fraction of sp³-hybridized carbons (Fsp3) is 0.211. The van der Waals surface area contributed by atoms with Crippen molar-refractivity contribution in [1.29, 1.82) is 0 Å². The molecule has 2 rings (SSSR count). The van der Waals surface area contributed by atoms with Gasteiger partial charge in [-0.3, -0.25) is 4.79 Å². The van der Waals surface area contributed by atoms with E-state index in [9.17, 15) is 4.79 Å². The fourth-order valence-electron chi connectivity index (χ4n) is 2.00. The summed E-state index contributed by atoms with van der Waals surface area (Å²) >= 11 is 0. The molecule has 0 aliphatic rings. The van der Waals surface area contributed by atoms with Gasteiger partial charge in [-0.05, 0) is 42.8 Å². The molecular formula is C19H21NO4. The molecule has 0 bridgehead atoms. The lowest BCUT2D eigenvalue weighted by molar-refractivity contribution is -0.111. The molecular weight excluding hydrogens is 306 g/mol. The first kappa shape index (κ1) is 17.6. The lowest BCUT2D eigenvalue weighted by Crippen LogP contribution is -2.09. The van der Waals surface area contributed by atoms with E-state index in [0.717, 1.165) is 5.56 Å². The molecule has 0 heterocycles. The highest BCUT2D eigenvalue weighted by molar-refractivity contribution is 6.02. The number of ether oxygens (including phenoxy) is 3. The van der Waals surface area contributed by atoms with E-state index < -0.39 is 0 Å². The maximum atomic E-state index is 12.1. The molecule has 2 aromatic carbocycles. The number of rotatable bonds is 8. The second-order valence-corrected chi connectivity index (χ2v) is 4.87. The van der Waals surface area contributed by atoms with Crippen LogP contribution in [-0.2, 0) is 9.53 Å². The maximum absolute atomic E-state index is 12.1. The van der Waals surface area contributed by atoms with Crippen molar-refractivity contribution >= 4 is 17.7 Å². The third-order valence-corrected chi connectivity index (χ3v) is 3.10. The number of para-hydroxylation sites is 2. The van der Waals surface area contributed by atoms with Crippen molar-refractivity contribution in [1.82, 2.24) is 0 Å². The van der Waals surface area contributed by atoms with E-state index in [1.165, 1.54) is 6.08 Å². The number of nitrogens with one attached hydrogen (secondary N) is 1. The zero-order chi connectivity index (χ0) is 17.2. The second-order valence-electron chi connectivity index (χ2n) is 4.87. The van der Waals surface area contributed by atoms with Crippen LogP contribution in [0.3, 0.4) is 0 Å². The monoisotopic (exact) mass is 327 g/mol. The van der Waals surface area contributed by atoms with Crippen LogP contribution >= 0.6 is 0 Å². The molecule has 0 spiro atoms. The molecule has 1 amide bonds. The first-order valence-electron chi connectivity index (χ1n) is 7.65. The van der Waals surface area contributed by atoms with Crippen LogP contribution in [0.5, 0.6) is 11.5 Å². The van der Waals surface area contributed by atoms with Gasteiger partial charge in [0.2, 0.25) is 5.91 Å². The summed E-state index contributed by atoms with van der Waals surface area (Å²) in [5.74, 6) is 1.15. The van der Waals surface area contributed by atoms with E-state index in [1.54, 1.807) is 19.3 Å². The number of hydrogen-bond acceptors (Lipinski definition) is 4. The Kier molecular flexibility index (Phi) is 6.86. The highest BCUT2D eigenvalue weighted by atomic mass is 16.7. The Morgan fingerprint density at radius 1 is 1.08 bits per heavy atom. The third-order valence-electron chi connectivity index (χ3n) is 3.10. The van der Waals surface area contributed by atoms with Crippen molar-refractivity contribution in [3.05, 3.63) is 60.2 Å². The minimum Gasteiger partial charge on any atom is -0.492 e. The summed E-state index contributed by atoms with van der Waals surface area (Å²) in [4.78, 5) is 12.1. The topological polar surface area (TPSA) is 56.8 Å². The van der Waals surface area contributed by atoms with Gasteiger partial charge in [0, 0.05) is 13.2 Å². The van der Waals surface area contributed by atoms with Crippen LogP contribution in [0.1, 0.15) is 12.5 Å². The Morgan fingerprint density at radius 2 is 1.83 bits per heavy atom. The Bertz CT molecular complexity index is 680. The Morgan fingerprint density at radius 3 is 2.54 bits per heavy atom. The maximum Gasteiger partial charge on any atom is 0.248 e. The number of carbonyl (C=O) groups excluding carboxylic acids is 1. The van der Waals surface area contributed by atoms with Crippen molar-refractivity contribution in [3.63, 3.8) is 0 Å². The molecule has 0 saturated heterocycles. The van der Waals surface area contributed by atoms with Gasteiger partial charge in [-0.2, -0.15) is 0 Å². The van der Waals surface area contributed by atoms with Gasteiger partial charge in [0.25, 0.3) is 0 Å². The summed E-state index contributed by atoms with van der Waals surface area (Å²) < 4.78 is 15.6. The van der Waals surface area contributed by atoms with Gasteiger partial charge in [-0.1, -0.05) is 24.3 Å². The van der Waals surface area contributed by atoms with Crippen LogP contribution in [0.4, 0.5) is 5.69 Å². The number of carbonyl (C=O) groups is 1. The van der Waals surface area contributed by atoms with Gasteiger partial charge >= 0.3 is 0 Å². The summed E-state index contributed by atoms with van der Waals surface area (Å²) in [6.07, 6.45) is 3.21. The zero-order valence-corrected chi connectivity index (χ0v) is 13.8.